The van der Waals surface area contributed by atoms with Gasteiger partial charge in [-0.1, -0.05) is 29.8 Å². The van der Waals surface area contributed by atoms with Crippen molar-refractivity contribution in [3.05, 3.63) is 89.2 Å². The van der Waals surface area contributed by atoms with Gasteiger partial charge in [0.05, 0.1) is 4.90 Å². The van der Waals surface area contributed by atoms with E-state index in [4.69, 9.17) is 9.72 Å². The zero-order chi connectivity index (χ0) is 28.6. The van der Waals surface area contributed by atoms with Crippen molar-refractivity contribution in [2.24, 2.45) is 0 Å². The highest BCUT2D eigenvalue weighted by Crippen LogP contribution is 2.32. The second kappa shape index (κ2) is 11.2. The number of carbonyl (C=O) groups excluding carboxylic acids is 1. The Morgan fingerprint density at radius 1 is 0.927 bits per heavy atom. The van der Waals surface area contributed by atoms with Gasteiger partial charge in [0.2, 0.25) is 21.1 Å². The summed E-state index contributed by atoms with van der Waals surface area (Å²) < 4.78 is 38.8. The van der Waals surface area contributed by atoms with E-state index >= 15 is 0 Å². The molecule has 0 aliphatic carbocycles. The van der Waals surface area contributed by atoms with Gasteiger partial charge in [0, 0.05) is 63.3 Å². The molecule has 1 saturated heterocycles. The SMILES string of the molecule is CC(=O)N1CCc2cc(S(=O)(=O)N3CCN(c4nc(Cc5ccc(Oc6ccc(C)cc6)cc5)ns4)CC3)ccc21. The predicted molar refractivity (Wildman–Crippen MR) is 160 cm³/mol. The fraction of sp³-hybridized carbons (Fsp3) is 0.300. The predicted octanol–water partition coefficient (Wildman–Crippen LogP) is 4.65. The molecule has 2 aliphatic heterocycles. The minimum Gasteiger partial charge on any atom is -0.457 e. The molecule has 9 nitrogen and oxygen atoms in total. The van der Waals surface area contributed by atoms with Crippen LogP contribution in [0.15, 0.2) is 71.6 Å². The third kappa shape index (κ3) is 5.83. The number of sulfonamides is 1. The molecule has 0 unspecified atom stereocenters. The van der Waals surface area contributed by atoms with Crippen molar-refractivity contribution in [1.29, 1.82) is 0 Å². The van der Waals surface area contributed by atoms with E-state index in [0.717, 1.165) is 39.3 Å². The molecular formula is C30H31N5O4S2. The highest BCUT2D eigenvalue weighted by atomic mass is 32.2. The van der Waals surface area contributed by atoms with Crippen LogP contribution in [0.1, 0.15) is 29.4 Å². The highest BCUT2D eigenvalue weighted by Gasteiger charge is 2.31. The molecule has 0 atom stereocenters. The van der Waals surface area contributed by atoms with Crippen molar-refractivity contribution in [3.8, 4) is 11.5 Å². The minimum atomic E-state index is -3.63. The summed E-state index contributed by atoms with van der Waals surface area (Å²) in [5, 5.41) is 0.804. The Hall–Kier alpha value is -3.80. The normalized spacial score (nSPS) is 15.7. The van der Waals surface area contributed by atoms with E-state index in [9.17, 15) is 13.2 Å². The first-order chi connectivity index (χ1) is 19.8. The Morgan fingerprint density at radius 3 is 2.29 bits per heavy atom. The van der Waals surface area contributed by atoms with Crippen LogP contribution in [0.3, 0.4) is 0 Å². The van der Waals surface area contributed by atoms with Crippen LogP contribution in [-0.4, -0.2) is 60.7 Å². The average Bonchev–Trinajstić information content (AvgIpc) is 3.62. The van der Waals surface area contributed by atoms with Crippen LogP contribution in [0.25, 0.3) is 0 Å². The van der Waals surface area contributed by atoms with Gasteiger partial charge in [-0.3, -0.25) is 4.79 Å². The zero-order valence-corrected chi connectivity index (χ0v) is 24.6. The van der Waals surface area contributed by atoms with E-state index in [-0.39, 0.29) is 10.8 Å². The van der Waals surface area contributed by atoms with Crippen molar-refractivity contribution in [2.45, 2.75) is 31.6 Å². The quantitative estimate of drug-likeness (QED) is 0.310. The van der Waals surface area contributed by atoms with Gasteiger partial charge in [0.1, 0.15) is 17.3 Å². The molecule has 1 amide bonds. The Labute approximate surface area is 244 Å². The third-order valence-electron chi connectivity index (χ3n) is 7.47. The number of hydrogen-bond acceptors (Lipinski definition) is 8. The van der Waals surface area contributed by atoms with E-state index in [1.54, 1.807) is 23.1 Å². The van der Waals surface area contributed by atoms with Crippen LogP contribution in [-0.2, 0) is 27.7 Å². The molecule has 0 N–H and O–H groups in total. The van der Waals surface area contributed by atoms with Crippen LogP contribution in [0.4, 0.5) is 10.8 Å². The van der Waals surface area contributed by atoms with Gasteiger partial charge in [0.15, 0.2) is 0 Å². The van der Waals surface area contributed by atoms with E-state index in [0.29, 0.717) is 45.6 Å². The number of rotatable bonds is 7. The van der Waals surface area contributed by atoms with Crippen LogP contribution in [0, 0.1) is 6.92 Å². The minimum absolute atomic E-state index is 0.0308. The summed E-state index contributed by atoms with van der Waals surface area (Å²) in [4.78, 5) is 20.6. The zero-order valence-electron chi connectivity index (χ0n) is 23.0. The highest BCUT2D eigenvalue weighted by molar-refractivity contribution is 7.89. The fourth-order valence-electron chi connectivity index (χ4n) is 5.18. The van der Waals surface area contributed by atoms with Gasteiger partial charge < -0.3 is 14.5 Å². The number of piperazine rings is 1. The lowest BCUT2D eigenvalue weighted by molar-refractivity contribution is -0.116. The monoisotopic (exact) mass is 589 g/mol. The number of amides is 1. The third-order valence-corrected chi connectivity index (χ3v) is 10.2. The van der Waals surface area contributed by atoms with Gasteiger partial charge in [0.25, 0.3) is 0 Å². The molecule has 6 rings (SSSR count). The van der Waals surface area contributed by atoms with E-state index in [2.05, 4.69) is 9.27 Å². The number of ether oxygens (including phenoxy) is 1. The lowest BCUT2D eigenvalue weighted by atomic mass is 10.1. The molecule has 3 aromatic carbocycles. The first kappa shape index (κ1) is 27.4. The second-order valence-electron chi connectivity index (χ2n) is 10.3. The number of nitrogens with zero attached hydrogens (tertiary/aromatic N) is 5. The summed E-state index contributed by atoms with van der Waals surface area (Å²) in [6.07, 6.45) is 1.27. The lowest BCUT2D eigenvalue weighted by Crippen LogP contribution is -2.48. The molecule has 0 bridgehead atoms. The van der Waals surface area contributed by atoms with Gasteiger partial charge in [-0.2, -0.15) is 8.68 Å². The molecule has 11 heteroatoms. The lowest BCUT2D eigenvalue weighted by Gasteiger charge is -2.33. The summed E-state index contributed by atoms with van der Waals surface area (Å²) in [5.41, 5.74) is 3.98. The maximum atomic E-state index is 13.4. The van der Waals surface area contributed by atoms with Gasteiger partial charge in [-0.25, -0.2) is 13.4 Å². The maximum absolute atomic E-state index is 13.4. The molecule has 1 aromatic heterocycles. The largest absolute Gasteiger partial charge is 0.457 e. The summed E-state index contributed by atoms with van der Waals surface area (Å²) in [6.45, 7) is 5.99. The second-order valence-corrected chi connectivity index (χ2v) is 13.0. The Bertz CT molecular complexity index is 1660. The molecule has 41 heavy (non-hydrogen) atoms. The van der Waals surface area contributed by atoms with Crippen LogP contribution in [0.5, 0.6) is 11.5 Å². The van der Waals surface area contributed by atoms with Crippen LogP contribution >= 0.6 is 11.5 Å². The van der Waals surface area contributed by atoms with E-state index < -0.39 is 10.0 Å². The smallest absolute Gasteiger partial charge is 0.243 e. The molecule has 2 aliphatic rings. The van der Waals surface area contributed by atoms with Gasteiger partial charge >= 0.3 is 0 Å². The topological polar surface area (TPSA) is 95.9 Å². The van der Waals surface area contributed by atoms with Crippen molar-refractivity contribution in [2.75, 3.05) is 42.5 Å². The van der Waals surface area contributed by atoms with Crippen LogP contribution < -0.4 is 14.5 Å². The first-order valence-electron chi connectivity index (χ1n) is 13.6. The summed E-state index contributed by atoms with van der Waals surface area (Å²) in [6, 6.07) is 21.0. The first-order valence-corrected chi connectivity index (χ1v) is 15.8. The van der Waals surface area contributed by atoms with E-state index in [1.165, 1.54) is 28.3 Å². The van der Waals surface area contributed by atoms with Crippen molar-refractivity contribution >= 4 is 38.3 Å². The number of hydrogen-bond donors (Lipinski definition) is 0. The Balaban J connectivity index is 1.05. The number of aromatic nitrogens is 2. The van der Waals surface area contributed by atoms with E-state index in [1.807, 2.05) is 55.5 Å². The maximum Gasteiger partial charge on any atom is 0.243 e. The molecule has 212 valence electrons. The number of benzene rings is 3. The van der Waals surface area contributed by atoms with Gasteiger partial charge in [-0.05, 0) is 66.9 Å². The van der Waals surface area contributed by atoms with Crippen molar-refractivity contribution < 1.29 is 17.9 Å². The number of anilines is 2. The molecule has 1 fully saturated rings. The molecule has 4 aromatic rings. The van der Waals surface area contributed by atoms with Crippen molar-refractivity contribution in [1.82, 2.24) is 13.7 Å². The van der Waals surface area contributed by atoms with Gasteiger partial charge in [-0.15, -0.1) is 0 Å². The Kier molecular flexibility index (Phi) is 7.50. The Morgan fingerprint density at radius 2 is 1.61 bits per heavy atom. The molecule has 3 heterocycles. The molecule has 0 saturated carbocycles. The average molecular weight is 590 g/mol. The standard InChI is InChI=1S/C30H31N5O4S2/c1-21-3-7-25(8-4-21)39-26-9-5-23(6-10-26)19-29-31-30(40-32-29)33-15-17-34(18-16-33)41(37,38)27-11-12-28-24(20-27)13-14-35(28)22(2)36/h3-12,20H,13-19H2,1-2H3. The number of carbonyl (C=O) groups is 1. The van der Waals surface area contributed by atoms with Crippen molar-refractivity contribution in [3.63, 3.8) is 0 Å². The number of aryl methyl sites for hydroxylation is 1. The van der Waals surface area contributed by atoms with Crippen LogP contribution in [0.2, 0.25) is 0 Å². The fourth-order valence-corrected chi connectivity index (χ4v) is 7.39. The molecular weight excluding hydrogens is 558 g/mol. The molecule has 0 spiro atoms. The number of fused-ring (bicyclic) bond motifs is 1. The molecule has 0 radical (unpaired) electrons. The summed E-state index contributed by atoms with van der Waals surface area (Å²) in [7, 11) is -3.63. The summed E-state index contributed by atoms with van der Waals surface area (Å²) >= 11 is 1.34. The summed E-state index contributed by atoms with van der Waals surface area (Å²) in [5.74, 6) is 2.28.